The van der Waals surface area contributed by atoms with E-state index < -0.39 is 0 Å². The fourth-order valence-electron chi connectivity index (χ4n) is 3.65. The molecule has 0 aliphatic rings. The van der Waals surface area contributed by atoms with E-state index in [0.717, 1.165) is 39.4 Å². The molecule has 7 nitrogen and oxygen atoms in total. The molecule has 0 bridgehead atoms. The van der Waals surface area contributed by atoms with Gasteiger partial charge in [0.25, 0.3) is 0 Å². The van der Waals surface area contributed by atoms with Crippen LogP contribution in [0, 0.1) is 6.92 Å². The van der Waals surface area contributed by atoms with Crippen molar-refractivity contribution < 1.29 is 0 Å². The van der Waals surface area contributed by atoms with Gasteiger partial charge in [0.2, 0.25) is 0 Å². The molecule has 7 heteroatoms. The standard InChI is InChI=1S/C22H27N7/c1-13(2)19-20(17-9-14(3)22-24-12-25-29(22)11-17)26-27-21(19)18-8-7-16(10-23-18)15(4)28(5)6/h7-13,15H,1-6H3,(H,26,27). The Bertz CT molecular complexity index is 1140. The van der Waals surface area contributed by atoms with Crippen LogP contribution in [0.25, 0.3) is 28.3 Å². The maximum atomic E-state index is 4.72. The second kappa shape index (κ2) is 7.40. The highest BCUT2D eigenvalue weighted by molar-refractivity contribution is 5.74. The van der Waals surface area contributed by atoms with E-state index in [4.69, 9.17) is 4.98 Å². The molecule has 0 fully saturated rings. The molecule has 1 atom stereocenters. The zero-order valence-corrected chi connectivity index (χ0v) is 17.8. The van der Waals surface area contributed by atoms with Crippen LogP contribution in [0.5, 0.6) is 0 Å². The average molecular weight is 390 g/mol. The van der Waals surface area contributed by atoms with Gasteiger partial charge in [-0.3, -0.25) is 10.1 Å². The Morgan fingerprint density at radius 3 is 2.55 bits per heavy atom. The number of fused-ring (bicyclic) bond motifs is 1. The highest BCUT2D eigenvalue weighted by Crippen LogP contribution is 2.35. The normalized spacial score (nSPS) is 13.0. The number of nitrogens with zero attached hydrogens (tertiary/aromatic N) is 6. The van der Waals surface area contributed by atoms with Gasteiger partial charge >= 0.3 is 0 Å². The topological polar surface area (TPSA) is 75.0 Å². The Labute approximate surface area is 170 Å². The maximum absolute atomic E-state index is 4.72. The van der Waals surface area contributed by atoms with Gasteiger partial charge in [0.15, 0.2) is 5.65 Å². The van der Waals surface area contributed by atoms with Gasteiger partial charge in [0, 0.05) is 29.6 Å². The first-order valence-electron chi connectivity index (χ1n) is 9.88. The van der Waals surface area contributed by atoms with Gasteiger partial charge in [-0.1, -0.05) is 19.9 Å². The average Bonchev–Trinajstić information content (AvgIpc) is 3.34. The number of aromatic amines is 1. The molecule has 29 heavy (non-hydrogen) atoms. The molecule has 4 heterocycles. The summed E-state index contributed by atoms with van der Waals surface area (Å²) in [7, 11) is 4.15. The summed E-state index contributed by atoms with van der Waals surface area (Å²) in [5.41, 5.74) is 8.11. The van der Waals surface area contributed by atoms with Gasteiger partial charge in [0.1, 0.15) is 12.0 Å². The van der Waals surface area contributed by atoms with Gasteiger partial charge in [-0.25, -0.2) is 9.50 Å². The molecule has 0 aromatic carbocycles. The Morgan fingerprint density at radius 1 is 1.10 bits per heavy atom. The molecular weight excluding hydrogens is 362 g/mol. The molecule has 0 amide bonds. The minimum atomic E-state index is 0.285. The van der Waals surface area contributed by atoms with E-state index >= 15 is 0 Å². The number of aromatic nitrogens is 6. The zero-order chi connectivity index (χ0) is 20.7. The van der Waals surface area contributed by atoms with Crippen LogP contribution in [0.2, 0.25) is 0 Å². The summed E-state index contributed by atoms with van der Waals surface area (Å²) in [6.45, 7) is 8.58. The van der Waals surface area contributed by atoms with Crippen molar-refractivity contribution in [2.24, 2.45) is 0 Å². The van der Waals surface area contributed by atoms with Gasteiger partial charge in [0.05, 0.1) is 11.4 Å². The minimum absolute atomic E-state index is 0.285. The van der Waals surface area contributed by atoms with E-state index in [2.05, 4.69) is 78.2 Å². The van der Waals surface area contributed by atoms with E-state index in [1.165, 1.54) is 5.56 Å². The van der Waals surface area contributed by atoms with Gasteiger partial charge < -0.3 is 4.90 Å². The molecule has 4 aromatic heterocycles. The Kier molecular flexibility index (Phi) is 4.92. The lowest BCUT2D eigenvalue weighted by atomic mass is 9.95. The molecule has 0 saturated heterocycles. The first kappa shape index (κ1) is 19.3. The van der Waals surface area contributed by atoms with Crippen LogP contribution in [0.15, 0.2) is 36.9 Å². The molecule has 4 rings (SSSR count). The van der Waals surface area contributed by atoms with Crippen LogP contribution in [0.3, 0.4) is 0 Å². The van der Waals surface area contributed by atoms with Crippen molar-refractivity contribution in [3.63, 3.8) is 0 Å². The SMILES string of the molecule is Cc1cc(-c2[nH]nc(-c3ccc(C(C)N(C)C)cn3)c2C(C)C)cn2ncnc12. The summed E-state index contributed by atoms with van der Waals surface area (Å²) in [5, 5.41) is 12.2. The number of nitrogens with one attached hydrogen (secondary N) is 1. The van der Waals surface area contributed by atoms with Crippen molar-refractivity contribution >= 4 is 5.65 Å². The van der Waals surface area contributed by atoms with E-state index in [1.807, 2.05) is 23.8 Å². The van der Waals surface area contributed by atoms with Gasteiger partial charge in [-0.15, -0.1) is 0 Å². The van der Waals surface area contributed by atoms with Crippen LogP contribution in [-0.4, -0.2) is 48.8 Å². The molecule has 0 spiro atoms. The second-order valence-electron chi connectivity index (χ2n) is 8.07. The smallest absolute Gasteiger partial charge is 0.158 e. The number of rotatable bonds is 5. The first-order valence-corrected chi connectivity index (χ1v) is 9.88. The number of hydrogen-bond donors (Lipinski definition) is 1. The van der Waals surface area contributed by atoms with Crippen molar-refractivity contribution in [1.29, 1.82) is 0 Å². The molecule has 1 unspecified atom stereocenters. The third kappa shape index (κ3) is 3.42. The fraction of sp³-hybridized carbons (Fsp3) is 0.364. The molecule has 4 aromatic rings. The van der Waals surface area contributed by atoms with Crippen LogP contribution in [0.4, 0.5) is 0 Å². The summed E-state index contributed by atoms with van der Waals surface area (Å²) in [6.07, 6.45) is 5.52. The van der Waals surface area contributed by atoms with Crippen LogP contribution < -0.4 is 0 Å². The third-order valence-corrected chi connectivity index (χ3v) is 5.52. The summed E-state index contributed by atoms with van der Waals surface area (Å²) < 4.78 is 1.81. The predicted octanol–water partition coefficient (Wildman–Crippen LogP) is 4.24. The summed E-state index contributed by atoms with van der Waals surface area (Å²) in [4.78, 5) is 11.2. The molecule has 0 saturated carbocycles. The van der Waals surface area contributed by atoms with Crippen molar-refractivity contribution in [1.82, 2.24) is 34.7 Å². The quantitative estimate of drug-likeness (QED) is 0.553. The summed E-state index contributed by atoms with van der Waals surface area (Å²) in [5.74, 6) is 0.285. The number of pyridine rings is 2. The van der Waals surface area contributed by atoms with E-state index in [9.17, 15) is 0 Å². The summed E-state index contributed by atoms with van der Waals surface area (Å²) >= 11 is 0. The van der Waals surface area contributed by atoms with Crippen LogP contribution >= 0.6 is 0 Å². The largest absolute Gasteiger partial charge is 0.303 e. The monoisotopic (exact) mass is 389 g/mol. The number of H-pyrrole nitrogens is 1. The van der Waals surface area contributed by atoms with Gasteiger partial charge in [-0.2, -0.15) is 10.2 Å². The van der Waals surface area contributed by atoms with E-state index in [1.54, 1.807) is 6.33 Å². The molecule has 0 aliphatic carbocycles. The second-order valence-corrected chi connectivity index (χ2v) is 8.07. The highest BCUT2D eigenvalue weighted by Gasteiger charge is 2.21. The van der Waals surface area contributed by atoms with E-state index in [-0.39, 0.29) is 5.92 Å². The lowest BCUT2D eigenvalue weighted by Gasteiger charge is -2.19. The van der Waals surface area contributed by atoms with Gasteiger partial charge in [-0.05, 0) is 57.1 Å². The molecular formula is C22H27N7. The molecule has 1 N–H and O–H groups in total. The van der Waals surface area contributed by atoms with Crippen LogP contribution in [-0.2, 0) is 0 Å². The van der Waals surface area contributed by atoms with E-state index in [0.29, 0.717) is 6.04 Å². The Balaban J connectivity index is 1.79. The predicted molar refractivity (Wildman–Crippen MR) is 115 cm³/mol. The van der Waals surface area contributed by atoms with Crippen molar-refractivity contribution in [3.8, 4) is 22.6 Å². The fourth-order valence-corrected chi connectivity index (χ4v) is 3.65. The molecule has 150 valence electrons. The Hall–Kier alpha value is -3.06. The minimum Gasteiger partial charge on any atom is -0.303 e. The molecule has 0 radical (unpaired) electrons. The maximum Gasteiger partial charge on any atom is 0.158 e. The van der Waals surface area contributed by atoms with Crippen molar-refractivity contribution in [3.05, 3.63) is 53.6 Å². The zero-order valence-electron chi connectivity index (χ0n) is 17.8. The van der Waals surface area contributed by atoms with Crippen molar-refractivity contribution in [2.75, 3.05) is 14.1 Å². The third-order valence-electron chi connectivity index (χ3n) is 5.52. The Morgan fingerprint density at radius 2 is 1.90 bits per heavy atom. The number of aryl methyl sites for hydroxylation is 1. The lowest BCUT2D eigenvalue weighted by Crippen LogP contribution is -2.16. The number of hydrogen-bond acceptors (Lipinski definition) is 5. The molecule has 0 aliphatic heterocycles. The van der Waals surface area contributed by atoms with Crippen molar-refractivity contribution in [2.45, 2.75) is 39.7 Å². The van der Waals surface area contributed by atoms with Crippen LogP contribution in [0.1, 0.15) is 49.4 Å². The lowest BCUT2D eigenvalue weighted by molar-refractivity contribution is 0.320. The highest BCUT2D eigenvalue weighted by atomic mass is 15.3. The summed E-state index contributed by atoms with van der Waals surface area (Å²) in [6, 6.07) is 6.64. The first-order chi connectivity index (χ1) is 13.9.